The average molecular weight is 470 g/mol. The first-order valence-electron chi connectivity index (χ1n) is 9.87. The maximum atomic E-state index is 12.9. The Morgan fingerprint density at radius 2 is 1.87 bits per heavy atom. The van der Waals surface area contributed by atoms with Crippen molar-refractivity contribution in [1.29, 1.82) is 0 Å². The first-order valence-corrected chi connectivity index (χ1v) is 10.6. The van der Waals surface area contributed by atoms with Gasteiger partial charge in [0.15, 0.2) is 0 Å². The number of hydrogen-bond donors (Lipinski definition) is 2. The molecule has 1 fully saturated rings. The van der Waals surface area contributed by atoms with Crippen LogP contribution in [0.1, 0.15) is 34.5 Å². The average Bonchev–Trinajstić information content (AvgIpc) is 3.05. The normalized spacial score (nSPS) is 16.0. The fourth-order valence-corrected chi connectivity index (χ4v) is 4.35. The largest absolute Gasteiger partial charge is 0.416 e. The fourth-order valence-electron chi connectivity index (χ4n) is 3.88. The van der Waals surface area contributed by atoms with Gasteiger partial charge in [0.1, 0.15) is 5.69 Å². The lowest BCUT2D eigenvalue weighted by Gasteiger charge is -2.32. The van der Waals surface area contributed by atoms with Gasteiger partial charge in [0, 0.05) is 41.6 Å². The molecule has 0 bridgehead atoms. The minimum Gasteiger partial charge on any atom is -0.349 e. The first kappa shape index (κ1) is 22.0. The van der Waals surface area contributed by atoms with Gasteiger partial charge in [0.05, 0.1) is 10.6 Å². The molecule has 9 heteroatoms. The molecule has 2 aromatic carbocycles. The Labute approximate surface area is 187 Å². The third kappa shape index (κ3) is 5.00. The predicted octanol–water partition coefficient (Wildman–Crippen LogP) is 5.89. The summed E-state index contributed by atoms with van der Waals surface area (Å²) in [4.78, 5) is 17.8. The van der Waals surface area contributed by atoms with E-state index in [1.807, 2.05) is 0 Å². The molecule has 0 aliphatic carbocycles. The van der Waals surface area contributed by atoms with Crippen molar-refractivity contribution in [2.45, 2.75) is 31.6 Å². The Balaban J connectivity index is 1.34. The third-order valence-electron chi connectivity index (χ3n) is 5.51. The third-order valence-corrected chi connectivity index (χ3v) is 6.14. The van der Waals surface area contributed by atoms with E-state index < -0.39 is 11.7 Å². The van der Waals surface area contributed by atoms with Crippen molar-refractivity contribution in [2.75, 3.05) is 13.1 Å². The van der Waals surface area contributed by atoms with Gasteiger partial charge in [-0.25, -0.2) is 0 Å². The van der Waals surface area contributed by atoms with E-state index in [4.69, 9.17) is 23.2 Å². The number of H-pyrrole nitrogens is 1. The molecule has 164 valence electrons. The highest BCUT2D eigenvalue weighted by Gasteiger charge is 2.30. The molecule has 0 saturated carbocycles. The Kier molecular flexibility index (Phi) is 6.19. The van der Waals surface area contributed by atoms with Crippen LogP contribution in [-0.2, 0) is 12.7 Å². The minimum atomic E-state index is -4.34. The maximum Gasteiger partial charge on any atom is 0.416 e. The highest BCUT2D eigenvalue weighted by atomic mass is 35.5. The molecule has 0 radical (unpaired) electrons. The van der Waals surface area contributed by atoms with Gasteiger partial charge in [-0.05, 0) is 42.7 Å². The number of nitrogens with zero attached hydrogens (tertiary/aromatic N) is 1. The predicted molar refractivity (Wildman–Crippen MR) is 116 cm³/mol. The summed E-state index contributed by atoms with van der Waals surface area (Å²) in [7, 11) is 0. The molecule has 4 nitrogen and oxygen atoms in total. The van der Waals surface area contributed by atoms with E-state index in [9.17, 15) is 18.0 Å². The molecule has 4 rings (SSSR count). The van der Waals surface area contributed by atoms with E-state index >= 15 is 0 Å². The number of alkyl halides is 3. The zero-order chi connectivity index (χ0) is 22.2. The standard InChI is InChI=1S/C22H20Cl2F3N3O/c23-15-4-5-18-17(11-15)19(24)20(29-18)21(31)28-16-6-8-30(9-7-16)12-13-2-1-3-14(10-13)22(25,26)27/h1-5,10-11,16,29H,6-9,12H2,(H,28,31). The number of aromatic nitrogens is 1. The van der Waals surface area contributed by atoms with Gasteiger partial charge in [0.2, 0.25) is 0 Å². The number of likely N-dealkylation sites (tertiary alicyclic amines) is 1. The second-order valence-corrected chi connectivity index (χ2v) is 8.54. The molecule has 2 N–H and O–H groups in total. The lowest BCUT2D eigenvalue weighted by molar-refractivity contribution is -0.137. The number of piperidine rings is 1. The van der Waals surface area contributed by atoms with E-state index in [1.165, 1.54) is 12.1 Å². The molecule has 1 aliphatic rings. The summed E-state index contributed by atoms with van der Waals surface area (Å²) in [6.45, 7) is 1.80. The summed E-state index contributed by atoms with van der Waals surface area (Å²) in [5.41, 5.74) is 1.02. The number of rotatable bonds is 4. The summed E-state index contributed by atoms with van der Waals surface area (Å²) < 4.78 is 38.7. The summed E-state index contributed by atoms with van der Waals surface area (Å²) >= 11 is 12.4. The Morgan fingerprint density at radius 1 is 1.13 bits per heavy atom. The number of amides is 1. The van der Waals surface area contributed by atoms with Crippen LogP contribution < -0.4 is 5.32 Å². The van der Waals surface area contributed by atoms with Crippen molar-refractivity contribution >= 4 is 40.0 Å². The summed E-state index contributed by atoms with van der Waals surface area (Å²) in [6.07, 6.45) is -2.94. The quantitative estimate of drug-likeness (QED) is 0.500. The van der Waals surface area contributed by atoms with Gasteiger partial charge in [-0.3, -0.25) is 9.69 Å². The zero-order valence-corrected chi connectivity index (χ0v) is 17.9. The van der Waals surface area contributed by atoms with Crippen molar-refractivity contribution in [3.05, 3.63) is 69.3 Å². The van der Waals surface area contributed by atoms with Gasteiger partial charge < -0.3 is 10.3 Å². The van der Waals surface area contributed by atoms with Crippen LogP contribution in [0, 0.1) is 0 Å². The summed E-state index contributed by atoms with van der Waals surface area (Å²) in [6, 6.07) is 10.6. The second-order valence-electron chi connectivity index (χ2n) is 7.73. The fraction of sp³-hybridized carbons (Fsp3) is 0.318. The van der Waals surface area contributed by atoms with Gasteiger partial charge in [-0.1, -0.05) is 41.4 Å². The van der Waals surface area contributed by atoms with Crippen molar-refractivity contribution in [3.8, 4) is 0 Å². The van der Waals surface area contributed by atoms with Gasteiger partial charge in [-0.15, -0.1) is 0 Å². The lowest BCUT2D eigenvalue weighted by Crippen LogP contribution is -2.44. The van der Waals surface area contributed by atoms with Crippen molar-refractivity contribution in [3.63, 3.8) is 0 Å². The number of nitrogens with one attached hydrogen (secondary N) is 2. The van der Waals surface area contributed by atoms with E-state index in [0.717, 1.165) is 11.6 Å². The Bertz CT molecular complexity index is 1110. The van der Waals surface area contributed by atoms with Crippen LogP contribution in [0.4, 0.5) is 13.2 Å². The Morgan fingerprint density at radius 3 is 2.58 bits per heavy atom. The van der Waals surface area contributed by atoms with E-state index in [0.29, 0.717) is 59.2 Å². The molecule has 0 atom stereocenters. The molecule has 31 heavy (non-hydrogen) atoms. The van der Waals surface area contributed by atoms with Crippen LogP contribution >= 0.6 is 23.2 Å². The van der Waals surface area contributed by atoms with Gasteiger partial charge >= 0.3 is 6.18 Å². The molecule has 3 aromatic rings. The number of aromatic amines is 1. The second kappa shape index (κ2) is 8.73. The van der Waals surface area contributed by atoms with Crippen molar-refractivity contribution in [1.82, 2.24) is 15.2 Å². The molecule has 1 saturated heterocycles. The number of carbonyl (C=O) groups is 1. The van der Waals surface area contributed by atoms with E-state index in [1.54, 1.807) is 24.3 Å². The number of benzene rings is 2. The summed E-state index contributed by atoms with van der Waals surface area (Å²) in [5, 5.41) is 4.56. The van der Waals surface area contributed by atoms with Crippen molar-refractivity contribution in [2.24, 2.45) is 0 Å². The van der Waals surface area contributed by atoms with Crippen LogP contribution in [0.15, 0.2) is 42.5 Å². The molecule has 1 aromatic heterocycles. The summed E-state index contributed by atoms with van der Waals surface area (Å²) in [5.74, 6) is -0.284. The zero-order valence-electron chi connectivity index (χ0n) is 16.4. The minimum absolute atomic E-state index is 0.0312. The molecular formula is C22H20Cl2F3N3O. The van der Waals surface area contributed by atoms with Crippen LogP contribution in [0.5, 0.6) is 0 Å². The van der Waals surface area contributed by atoms with Gasteiger partial charge in [0.25, 0.3) is 5.91 Å². The SMILES string of the molecule is O=C(NC1CCN(Cc2cccc(C(F)(F)F)c2)CC1)c1[nH]c2ccc(Cl)cc2c1Cl. The van der Waals surface area contributed by atoms with Crippen LogP contribution in [0.3, 0.4) is 0 Å². The topological polar surface area (TPSA) is 48.1 Å². The molecular weight excluding hydrogens is 450 g/mol. The Hall–Kier alpha value is -2.22. The van der Waals surface area contributed by atoms with E-state index in [2.05, 4.69) is 15.2 Å². The number of halogens is 5. The number of hydrogen-bond acceptors (Lipinski definition) is 2. The highest BCUT2D eigenvalue weighted by Crippen LogP contribution is 2.31. The van der Waals surface area contributed by atoms with E-state index in [-0.39, 0.29) is 11.9 Å². The van der Waals surface area contributed by atoms with Crippen molar-refractivity contribution < 1.29 is 18.0 Å². The lowest BCUT2D eigenvalue weighted by atomic mass is 10.0. The number of carbonyl (C=O) groups excluding carboxylic acids is 1. The first-order chi connectivity index (χ1) is 14.7. The molecule has 2 heterocycles. The molecule has 0 spiro atoms. The smallest absolute Gasteiger partial charge is 0.349 e. The molecule has 0 unspecified atom stereocenters. The number of fused-ring (bicyclic) bond motifs is 1. The highest BCUT2D eigenvalue weighted by molar-refractivity contribution is 6.39. The molecule has 1 aliphatic heterocycles. The van der Waals surface area contributed by atoms with Crippen LogP contribution in [0.2, 0.25) is 10.0 Å². The van der Waals surface area contributed by atoms with Gasteiger partial charge in [-0.2, -0.15) is 13.2 Å². The maximum absolute atomic E-state index is 12.9. The molecule has 1 amide bonds. The van der Waals surface area contributed by atoms with Crippen LogP contribution in [-0.4, -0.2) is 34.9 Å². The van der Waals surface area contributed by atoms with Crippen LogP contribution in [0.25, 0.3) is 10.9 Å². The monoisotopic (exact) mass is 469 g/mol.